The van der Waals surface area contributed by atoms with Crippen LogP contribution in [0, 0.1) is 0 Å². The van der Waals surface area contributed by atoms with Crippen molar-refractivity contribution in [1.82, 2.24) is 40.4 Å². The average Bonchev–Trinajstić information content (AvgIpc) is 3.68. The molecule has 37 heavy (non-hydrogen) atoms. The molecule has 0 bridgehead atoms. The number of imidazole rings is 1. The van der Waals surface area contributed by atoms with Crippen LogP contribution >= 0.6 is 0 Å². The zero-order chi connectivity index (χ0) is 24.8. The zero-order valence-corrected chi connectivity index (χ0v) is 19.9. The van der Waals surface area contributed by atoms with Gasteiger partial charge < -0.3 is 19.8 Å². The molecule has 10 nitrogen and oxygen atoms in total. The SMILES string of the molecule is CCNCc1cncc(-c2ccc3[nH]nc(-c4nc5c(-c6ccc7c(c6)OCO7)cncc5[nH]4)c3n2)c1. The molecule has 3 N–H and O–H groups in total. The Labute approximate surface area is 211 Å². The van der Waals surface area contributed by atoms with Crippen molar-refractivity contribution < 1.29 is 9.47 Å². The molecule has 10 heteroatoms. The van der Waals surface area contributed by atoms with E-state index in [0.29, 0.717) is 17.3 Å². The van der Waals surface area contributed by atoms with Gasteiger partial charge in [0.25, 0.3) is 0 Å². The number of ether oxygens (including phenoxy) is 2. The van der Waals surface area contributed by atoms with Crippen LogP contribution in [0.25, 0.3) is 56.0 Å². The molecule has 0 unspecified atom stereocenters. The Kier molecular flexibility index (Phi) is 5.03. The monoisotopic (exact) mass is 490 g/mol. The van der Waals surface area contributed by atoms with Gasteiger partial charge in [0, 0.05) is 36.3 Å². The Morgan fingerprint density at radius 3 is 2.73 bits per heavy atom. The van der Waals surface area contributed by atoms with E-state index >= 15 is 0 Å². The quantitative estimate of drug-likeness (QED) is 0.312. The van der Waals surface area contributed by atoms with E-state index in [1.807, 2.05) is 42.7 Å². The summed E-state index contributed by atoms with van der Waals surface area (Å²) in [7, 11) is 0. The summed E-state index contributed by atoms with van der Waals surface area (Å²) in [5.74, 6) is 2.06. The fourth-order valence-corrected chi connectivity index (χ4v) is 4.54. The molecule has 0 saturated heterocycles. The molecule has 1 aliphatic heterocycles. The second-order valence-corrected chi connectivity index (χ2v) is 8.76. The highest BCUT2D eigenvalue weighted by Gasteiger charge is 2.19. The van der Waals surface area contributed by atoms with Gasteiger partial charge in [0.1, 0.15) is 5.52 Å². The van der Waals surface area contributed by atoms with Crippen LogP contribution in [-0.4, -0.2) is 48.5 Å². The second-order valence-electron chi connectivity index (χ2n) is 8.76. The maximum atomic E-state index is 5.56. The van der Waals surface area contributed by atoms with E-state index in [1.54, 1.807) is 12.4 Å². The smallest absolute Gasteiger partial charge is 0.231 e. The molecule has 0 amide bonds. The van der Waals surface area contributed by atoms with E-state index in [0.717, 1.165) is 68.9 Å². The highest BCUT2D eigenvalue weighted by Crippen LogP contribution is 2.38. The molecule has 0 spiro atoms. The van der Waals surface area contributed by atoms with Crippen LogP contribution in [0.1, 0.15) is 12.5 Å². The molecule has 5 aromatic heterocycles. The zero-order valence-electron chi connectivity index (χ0n) is 19.9. The fourth-order valence-electron chi connectivity index (χ4n) is 4.54. The van der Waals surface area contributed by atoms with Gasteiger partial charge in [-0.3, -0.25) is 15.1 Å². The number of pyridine rings is 3. The van der Waals surface area contributed by atoms with Gasteiger partial charge in [-0.05, 0) is 48.0 Å². The summed E-state index contributed by atoms with van der Waals surface area (Å²) in [6.45, 7) is 3.97. The van der Waals surface area contributed by atoms with E-state index in [2.05, 4.69) is 43.5 Å². The number of benzene rings is 1. The highest BCUT2D eigenvalue weighted by molar-refractivity contribution is 5.96. The summed E-state index contributed by atoms with van der Waals surface area (Å²) in [6, 6.07) is 11.9. The third-order valence-corrected chi connectivity index (χ3v) is 6.38. The number of H-pyrrole nitrogens is 2. The summed E-state index contributed by atoms with van der Waals surface area (Å²) in [5, 5.41) is 11.0. The summed E-state index contributed by atoms with van der Waals surface area (Å²) in [5.41, 5.74) is 8.48. The molecule has 0 radical (unpaired) electrons. The number of nitrogens with one attached hydrogen (secondary N) is 3. The lowest BCUT2D eigenvalue weighted by molar-refractivity contribution is 0.174. The Morgan fingerprint density at radius 2 is 1.78 bits per heavy atom. The molecule has 0 saturated carbocycles. The summed E-state index contributed by atoms with van der Waals surface area (Å²) >= 11 is 0. The molecular weight excluding hydrogens is 468 g/mol. The lowest BCUT2D eigenvalue weighted by Crippen LogP contribution is -2.11. The summed E-state index contributed by atoms with van der Waals surface area (Å²) in [4.78, 5) is 22.0. The number of fused-ring (bicyclic) bond motifs is 3. The normalized spacial score (nSPS) is 12.6. The van der Waals surface area contributed by atoms with Crippen molar-refractivity contribution in [2.24, 2.45) is 0 Å². The maximum absolute atomic E-state index is 5.56. The van der Waals surface area contributed by atoms with Crippen molar-refractivity contribution in [2.75, 3.05) is 13.3 Å². The Hall–Kier alpha value is -4.83. The Balaban J connectivity index is 1.30. The number of aromatic amines is 2. The molecule has 0 fully saturated rings. The first kappa shape index (κ1) is 21.5. The van der Waals surface area contributed by atoms with E-state index < -0.39 is 0 Å². The lowest BCUT2D eigenvalue weighted by atomic mass is 10.1. The molecule has 182 valence electrons. The van der Waals surface area contributed by atoms with E-state index in [4.69, 9.17) is 19.4 Å². The summed E-state index contributed by atoms with van der Waals surface area (Å²) in [6.07, 6.45) is 7.26. The van der Waals surface area contributed by atoms with Gasteiger partial charge in [-0.25, -0.2) is 9.97 Å². The van der Waals surface area contributed by atoms with Crippen LogP contribution in [0.5, 0.6) is 11.5 Å². The average molecular weight is 491 g/mol. The third kappa shape index (κ3) is 3.74. The van der Waals surface area contributed by atoms with Crippen molar-refractivity contribution in [2.45, 2.75) is 13.5 Å². The number of aromatic nitrogens is 7. The largest absolute Gasteiger partial charge is 0.454 e. The minimum absolute atomic E-state index is 0.227. The summed E-state index contributed by atoms with van der Waals surface area (Å²) < 4.78 is 11.0. The predicted octanol–water partition coefficient (Wildman–Crippen LogP) is 4.46. The number of rotatable bonds is 6. The standard InChI is InChI=1S/C27H22N8O2/c1-2-28-9-15-7-17(11-29-10-15)19-4-5-20-25(31-19)26(35-34-20)27-32-21-13-30-12-18(24(21)33-27)16-3-6-22-23(8-16)37-14-36-22/h3-8,10-13,28H,2,9,14H2,1H3,(H,32,33)(H,34,35). The van der Waals surface area contributed by atoms with Crippen molar-refractivity contribution in [3.05, 3.63) is 66.7 Å². The van der Waals surface area contributed by atoms with Gasteiger partial charge in [0.2, 0.25) is 6.79 Å². The highest BCUT2D eigenvalue weighted by atomic mass is 16.7. The Morgan fingerprint density at radius 1 is 0.865 bits per heavy atom. The molecule has 0 aliphatic carbocycles. The number of hydrogen-bond acceptors (Lipinski definition) is 8. The minimum Gasteiger partial charge on any atom is -0.454 e. The van der Waals surface area contributed by atoms with Crippen molar-refractivity contribution in [1.29, 1.82) is 0 Å². The molecule has 6 heterocycles. The van der Waals surface area contributed by atoms with E-state index in [9.17, 15) is 0 Å². The lowest BCUT2D eigenvalue weighted by Gasteiger charge is -2.05. The number of nitrogens with zero attached hydrogens (tertiary/aromatic N) is 5. The molecule has 1 aliphatic rings. The van der Waals surface area contributed by atoms with Gasteiger partial charge in [0.05, 0.1) is 28.4 Å². The van der Waals surface area contributed by atoms with Crippen LogP contribution in [0.4, 0.5) is 0 Å². The molecule has 0 atom stereocenters. The van der Waals surface area contributed by atoms with Crippen molar-refractivity contribution in [3.63, 3.8) is 0 Å². The van der Waals surface area contributed by atoms with Crippen LogP contribution in [0.15, 0.2) is 61.2 Å². The first-order valence-electron chi connectivity index (χ1n) is 12.0. The maximum Gasteiger partial charge on any atom is 0.231 e. The predicted molar refractivity (Wildman–Crippen MR) is 139 cm³/mol. The van der Waals surface area contributed by atoms with Gasteiger partial charge >= 0.3 is 0 Å². The Bertz CT molecular complexity index is 1770. The number of hydrogen-bond donors (Lipinski definition) is 3. The minimum atomic E-state index is 0.227. The van der Waals surface area contributed by atoms with Gasteiger partial charge in [-0.1, -0.05) is 13.0 Å². The topological polar surface area (TPSA) is 127 Å². The van der Waals surface area contributed by atoms with Gasteiger partial charge in [0.15, 0.2) is 23.0 Å². The van der Waals surface area contributed by atoms with Crippen LogP contribution in [0.3, 0.4) is 0 Å². The van der Waals surface area contributed by atoms with Crippen molar-refractivity contribution >= 4 is 22.1 Å². The first-order chi connectivity index (χ1) is 18.3. The van der Waals surface area contributed by atoms with Gasteiger partial charge in [-0.2, -0.15) is 5.10 Å². The third-order valence-electron chi connectivity index (χ3n) is 6.38. The first-order valence-corrected chi connectivity index (χ1v) is 12.0. The van der Waals surface area contributed by atoms with Gasteiger partial charge in [-0.15, -0.1) is 0 Å². The van der Waals surface area contributed by atoms with Crippen LogP contribution < -0.4 is 14.8 Å². The van der Waals surface area contributed by atoms with Crippen LogP contribution in [0.2, 0.25) is 0 Å². The van der Waals surface area contributed by atoms with E-state index in [-0.39, 0.29) is 6.79 Å². The molecule has 7 rings (SSSR count). The molecule has 1 aromatic carbocycles. The van der Waals surface area contributed by atoms with E-state index in [1.165, 1.54) is 0 Å². The van der Waals surface area contributed by atoms with Crippen LogP contribution in [-0.2, 0) is 6.54 Å². The van der Waals surface area contributed by atoms with Crippen molar-refractivity contribution in [3.8, 4) is 45.4 Å². The second kappa shape index (κ2) is 8.68. The fraction of sp³-hybridized carbons (Fsp3) is 0.148. The molecule has 6 aromatic rings. The molecular formula is C27H22N8O2.